The fourth-order valence-corrected chi connectivity index (χ4v) is 2.45. The summed E-state index contributed by atoms with van der Waals surface area (Å²) < 4.78 is 41.0. The van der Waals surface area contributed by atoms with Gasteiger partial charge in [0.05, 0.1) is 0 Å². The van der Waals surface area contributed by atoms with Crippen molar-refractivity contribution in [3.05, 3.63) is 27.7 Å². The van der Waals surface area contributed by atoms with Crippen molar-refractivity contribution in [2.75, 3.05) is 25.1 Å². The Kier molecular flexibility index (Phi) is 6.13. The van der Waals surface area contributed by atoms with E-state index >= 15 is 0 Å². The number of nitrogens with one attached hydrogen (secondary N) is 1. The van der Waals surface area contributed by atoms with Gasteiger partial charge in [0.15, 0.2) is 0 Å². The van der Waals surface area contributed by atoms with Crippen LogP contribution >= 0.6 is 15.9 Å². The fraction of sp³-hybridized carbons (Fsp3) is 0.538. The Balaban J connectivity index is 2.30. The fourth-order valence-electron chi connectivity index (χ4n) is 1.77. The highest BCUT2D eigenvalue weighted by molar-refractivity contribution is 9.10. The lowest BCUT2D eigenvalue weighted by Crippen LogP contribution is -2.18. The summed E-state index contributed by atoms with van der Waals surface area (Å²) in [6, 6.07) is 3.99. The predicted molar refractivity (Wildman–Crippen MR) is 73.6 cm³/mol. The number of benzene rings is 1. The Morgan fingerprint density at radius 2 is 1.79 bits per heavy atom. The lowest BCUT2D eigenvalue weighted by Gasteiger charge is -2.13. The zero-order chi connectivity index (χ0) is 14.5. The molecule has 0 aliphatic heterocycles. The summed E-state index contributed by atoms with van der Waals surface area (Å²) in [4.78, 5) is 0. The molecule has 0 aliphatic rings. The Bertz CT molecular complexity index is 398. The van der Waals surface area contributed by atoms with Gasteiger partial charge in [0.1, 0.15) is 6.61 Å². The van der Waals surface area contributed by atoms with Crippen LogP contribution in [0.1, 0.15) is 17.5 Å². The number of ether oxygens (including phenoxy) is 1. The summed E-state index contributed by atoms with van der Waals surface area (Å²) in [5, 5.41) is 3.22. The molecule has 0 saturated carbocycles. The van der Waals surface area contributed by atoms with Crippen molar-refractivity contribution in [1.82, 2.24) is 0 Å². The van der Waals surface area contributed by atoms with E-state index in [1.807, 2.05) is 26.0 Å². The summed E-state index contributed by atoms with van der Waals surface area (Å²) in [7, 11) is 0. The molecule has 0 heterocycles. The van der Waals surface area contributed by atoms with Crippen LogP contribution in [0.5, 0.6) is 0 Å². The molecule has 0 unspecified atom stereocenters. The third kappa shape index (κ3) is 6.29. The predicted octanol–water partition coefficient (Wildman–Crippen LogP) is 4.45. The summed E-state index contributed by atoms with van der Waals surface area (Å²) in [6.07, 6.45) is -3.71. The molecule has 1 rings (SSSR count). The van der Waals surface area contributed by atoms with E-state index in [0.29, 0.717) is 13.0 Å². The first-order valence-corrected chi connectivity index (χ1v) is 6.74. The minimum absolute atomic E-state index is 0.0983. The van der Waals surface area contributed by atoms with Gasteiger partial charge < -0.3 is 10.1 Å². The number of aryl methyl sites for hydroxylation is 2. The zero-order valence-electron chi connectivity index (χ0n) is 10.9. The number of alkyl halides is 3. The van der Waals surface area contributed by atoms with E-state index in [9.17, 15) is 13.2 Å². The highest BCUT2D eigenvalue weighted by Gasteiger charge is 2.27. The van der Waals surface area contributed by atoms with E-state index < -0.39 is 12.8 Å². The maximum absolute atomic E-state index is 11.8. The van der Waals surface area contributed by atoms with Crippen molar-refractivity contribution in [3.8, 4) is 0 Å². The molecule has 1 aromatic rings. The van der Waals surface area contributed by atoms with E-state index in [0.717, 1.165) is 21.3 Å². The van der Waals surface area contributed by atoms with Gasteiger partial charge in [-0.2, -0.15) is 13.2 Å². The first-order valence-electron chi connectivity index (χ1n) is 5.95. The van der Waals surface area contributed by atoms with E-state index in [1.54, 1.807) is 0 Å². The van der Waals surface area contributed by atoms with Gasteiger partial charge in [-0.1, -0.05) is 15.9 Å². The minimum atomic E-state index is -4.24. The van der Waals surface area contributed by atoms with Crippen LogP contribution in [0.3, 0.4) is 0 Å². The van der Waals surface area contributed by atoms with Crippen molar-refractivity contribution in [3.63, 3.8) is 0 Å². The highest BCUT2D eigenvalue weighted by Crippen LogP contribution is 2.24. The third-order valence-electron chi connectivity index (χ3n) is 2.53. The van der Waals surface area contributed by atoms with Crippen LogP contribution in [0.4, 0.5) is 18.9 Å². The molecule has 0 radical (unpaired) electrons. The van der Waals surface area contributed by atoms with Gasteiger partial charge in [-0.3, -0.25) is 0 Å². The summed E-state index contributed by atoms with van der Waals surface area (Å²) in [5.74, 6) is 0. The largest absolute Gasteiger partial charge is 0.411 e. The Labute approximate surface area is 119 Å². The van der Waals surface area contributed by atoms with Gasteiger partial charge in [0.2, 0.25) is 0 Å². The molecular weight excluding hydrogens is 323 g/mol. The first-order chi connectivity index (χ1) is 8.79. The van der Waals surface area contributed by atoms with Crippen LogP contribution < -0.4 is 5.32 Å². The van der Waals surface area contributed by atoms with E-state index in [-0.39, 0.29) is 6.61 Å². The molecule has 108 valence electrons. The van der Waals surface area contributed by atoms with Crippen molar-refractivity contribution in [2.45, 2.75) is 26.4 Å². The molecule has 2 nitrogen and oxygen atoms in total. The van der Waals surface area contributed by atoms with Gasteiger partial charge in [0.25, 0.3) is 0 Å². The van der Waals surface area contributed by atoms with Gasteiger partial charge in [0, 0.05) is 23.3 Å². The van der Waals surface area contributed by atoms with E-state index in [1.165, 1.54) is 0 Å². The van der Waals surface area contributed by atoms with Gasteiger partial charge in [-0.25, -0.2) is 0 Å². The molecule has 1 aromatic carbocycles. The Hall–Kier alpha value is -0.750. The van der Waals surface area contributed by atoms with E-state index in [2.05, 4.69) is 26.0 Å². The van der Waals surface area contributed by atoms with Gasteiger partial charge in [-0.15, -0.1) is 0 Å². The second-order valence-corrected chi connectivity index (χ2v) is 5.28. The number of hydrogen-bond acceptors (Lipinski definition) is 2. The van der Waals surface area contributed by atoms with Crippen LogP contribution in [0.15, 0.2) is 16.6 Å². The second kappa shape index (κ2) is 7.14. The molecule has 19 heavy (non-hydrogen) atoms. The normalized spacial score (nSPS) is 11.7. The third-order valence-corrected chi connectivity index (χ3v) is 2.99. The van der Waals surface area contributed by atoms with Crippen LogP contribution in [0.2, 0.25) is 0 Å². The van der Waals surface area contributed by atoms with Crippen LogP contribution in [0.25, 0.3) is 0 Å². The molecule has 0 atom stereocenters. The van der Waals surface area contributed by atoms with Crippen molar-refractivity contribution in [2.24, 2.45) is 0 Å². The Morgan fingerprint density at radius 1 is 1.21 bits per heavy atom. The van der Waals surface area contributed by atoms with Crippen molar-refractivity contribution >= 4 is 21.6 Å². The number of rotatable bonds is 6. The summed E-state index contributed by atoms with van der Waals surface area (Å²) >= 11 is 3.41. The standard InChI is InChI=1S/C13H17BrF3NO/c1-9-6-11(14)7-10(2)12(9)18-4-3-5-19-8-13(15,16)17/h6-7,18H,3-5,8H2,1-2H3. The SMILES string of the molecule is Cc1cc(Br)cc(C)c1NCCCOCC(F)(F)F. The molecule has 0 aliphatic carbocycles. The topological polar surface area (TPSA) is 21.3 Å². The molecule has 0 aromatic heterocycles. The van der Waals surface area contributed by atoms with Gasteiger partial charge >= 0.3 is 6.18 Å². The van der Waals surface area contributed by atoms with Crippen LogP contribution in [0, 0.1) is 13.8 Å². The van der Waals surface area contributed by atoms with Crippen molar-refractivity contribution < 1.29 is 17.9 Å². The average Bonchev–Trinajstić information content (AvgIpc) is 2.24. The molecule has 0 saturated heterocycles. The zero-order valence-corrected chi connectivity index (χ0v) is 12.5. The number of anilines is 1. The maximum atomic E-state index is 11.8. The van der Waals surface area contributed by atoms with Crippen molar-refractivity contribution in [1.29, 1.82) is 0 Å². The molecule has 0 spiro atoms. The Morgan fingerprint density at radius 3 is 2.32 bits per heavy atom. The molecule has 6 heteroatoms. The molecule has 0 bridgehead atoms. The monoisotopic (exact) mass is 339 g/mol. The number of hydrogen-bond donors (Lipinski definition) is 1. The molecule has 0 fully saturated rings. The van der Waals surface area contributed by atoms with Gasteiger partial charge in [-0.05, 0) is 43.5 Å². The maximum Gasteiger partial charge on any atom is 0.411 e. The minimum Gasteiger partial charge on any atom is -0.385 e. The quantitative estimate of drug-likeness (QED) is 0.773. The smallest absolute Gasteiger partial charge is 0.385 e. The summed E-state index contributed by atoms with van der Waals surface area (Å²) in [5.41, 5.74) is 3.23. The second-order valence-electron chi connectivity index (χ2n) is 4.36. The summed E-state index contributed by atoms with van der Waals surface area (Å²) in [6.45, 7) is 3.48. The van der Waals surface area contributed by atoms with E-state index in [4.69, 9.17) is 0 Å². The van der Waals surface area contributed by atoms with Crippen LogP contribution in [-0.2, 0) is 4.74 Å². The molecule has 0 amide bonds. The molecular formula is C13H17BrF3NO. The lowest BCUT2D eigenvalue weighted by molar-refractivity contribution is -0.173. The van der Waals surface area contributed by atoms with Crippen LogP contribution in [-0.4, -0.2) is 25.9 Å². The lowest BCUT2D eigenvalue weighted by atomic mass is 10.1. The first kappa shape index (κ1) is 16.3. The highest BCUT2D eigenvalue weighted by atomic mass is 79.9. The molecule has 1 N–H and O–H groups in total. The average molecular weight is 340 g/mol. The number of halogens is 4.